The summed E-state index contributed by atoms with van der Waals surface area (Å²) in [5.74, 6) is 1.52. The van der Waals surface area contributed by atoms with Gasteiger partial charge in [0.15, 0.2) is 6.29 Å². The lowest BCUT2D eigenvalue weighted by atomic mass is 10.0. The van der Waals surface area contributed by atoms with Gasteiger partial charge in [-0.25, -0.2) is 19.6 Å². The summed E-state index contributed by atoms with van der Waals surface area (Å²) in [7, 11) is 0. The highest BCUT2D eigenvalue weighted by Crippen LogP contribution is 2.36. The number of nitrogens with one attached hydrogen (secondary N) is 2. The average molecular weight is 711 g/mol. The Morgan fingerprint density at radius 1 is 0.731 bits per heavy atom. The molecule has 3 saturated heterocycles. The van der Waals surface area contributed by atoms with Crippen LogP contribution in [0.25, 0.3) is 33.6 Å². The third-order valence-electron chi connectivity index (χ3n) is 9.53. The van der Waals surface area contributed by atoms with Gasteiger partial charge in [0, 0.05) is 30.8 Å². The van der Waals surface area contributed by atoms with Crippen LogP contribution in [0.3, 0.4) is 0 Å². The van der Waals surface area contributed by atoms with E-state index < -0.39 is 11.2 Å². The molecule has 12 heteroatoms. The summed E-state index contributed by atoms with van der Waals surface area (Å²) in [4.78, 5) is 46.2. The molecule has 0 spiro atoms. The van der Waals surface area contributed by atoms with E-state index in [1.807, 2.05) is 47.7 Å². The highest BCUT2D eigenvalue weighted by Gasteiger charge is 2.37. The fourth-order valence-corrected chi connectivity index (χ4v) is 7.16. The van der Waals surface area contributed by atoms with Crippen LogP contribution in [0.1, 0.15) is 96.7 Å². The van der Waals surface area contributed by atoms with E-state index in [4.69, 9.17) is 23.9 Å². The molecule has 2 atom stereocenters. The number of ether oxygens (including phenoxy) is 4. The molecule has 7 rings (SSSR count). The van der Waals surface area contributed by atoms with Crippen molar-refractivity contribution in [3.8, 4) is 33.6 Å². The van der Waals surface area contributed by atoms with Crippen LogP contribution < -0.4 is 0 Å². The van der Waals surface area contributed by atoms with E-state index in [-0.39, 0.29) is 30.6 Å². The van der Waals surface area contributed by atoms with Crippen LogP contribution >= 0.6 is 0 Å². The van der Waals surface area contributed by atoms with Crippen molar-refractivity contribution < 1.29 is 28.5 Å². The van der Waals surface area contributed by atoms with Gasteiger partial charge in [0.25, 0.3) is 0 Å². The Hall–Kier alpha value is -4.68. The van der Waals surface area contributed by atoms with Crippen molar-refractivity contribution in [2.45, 2.75) is 103 Å². The summed E-state index contributed by atoms with van der Waals surface area (Å²) < 4.78 is 22.9. The fraction of sp³-hybridized carbons (Fsp3) is 0.500. The summed E-state index contributed by atoms with van der Waals surface area (Å²) in [5.41, 5.74) is 5.66. The van der Waals surface area contributed by atoms with E-state index in [1.54, 1.807) is 9.80 Å². The van der Waals surface area contributed by atoms with Crippen LogP contribution in [0.15, 0.2) is 54.7 Å². The number of nitrogens with zero attached hydrogens (tertiary/aromatic N) is 4. The second kappa shape index (κ2) is 14.4. The van der Waals surface area contributed by atoms with Gasteiger partial charge in [-0.05, 0) is 83.9 Å². The molecule has 276 valence electrons. The number of carbonyl (C=O) groups is 2. The van der Waals surface area contributed by atoms with E-state index >= 15 is 0 Å². The molecule has 3 aliphatic rings. The Morgan fingerprint density at radius 2 is 1.23 bits per heavy atom. The van der Waals surface area contributed by atoms with Crippen molar-refractivity contribution in [1.29, 1.82) is 0 Å². The van der Waals surface area contributed by atoms with Crippen molar-refractivity contribution >= 4 is 12.2 Å². The van der Waals surface area contributed by atoms with Gasteiger partial charge < -0.3 is 28.9 Å². The zero-order valence-electron chi connectivity index (χ0n) is 31.0. The van der Waals surface area contributed by atoms with Gasteiger partial charge in [0.2, 0.25) is 0 Å². The molecule has 5 heterocycles. The molecule has 0 saturated carbocycles. The molecular weight excluding hydrogens is 660 g/mol. The summed E-state index contributed by atoms with van der Waals surface area (Å²) in [6.07, 6.45) is 4.83. The predicted octanol–water partition coefficient (Wildman–Crippen LogP) is 8.19. The number of imidazole rings is 2. The molecule has 0 bridgehead atoms. The Balaban J connectivity index is 1.07. The van der Waals surface area contributed by atoms with Crippen molar-refractivity contribution in [1.82, 2.24) is 29.7 Å². The van der Waals surface area contributed by atoms with Gasteiger partial charge >= 0.3 is 12.2 Å². The maximum Gasteiger partial charge on any atom is 0.410 e. The molecular formula is C40H50N6O6. The van der Waals surface area contributed by atoms with Crippen molar-refractivity contribution in [3.63, 3.8) is 0 Å². The topological polar surface area (TPSA) is 135 Å². The van der Waals surface area contributed by atoms with Crippen LogP contribution in [0.4, 0.5) is 9.59 Å². The van der Waals surface area contributed by atoms with Gasteiger partial charge in [-0.2, -0.15) is 0 Å². The van der Waals surface area contributed by atoms with Crippen LogP contribution in [-0.4, -0.2) is 85.7 Å². The van der Waals surface area contributed by atoms with Gasteiger partial charge in [-0.3, -0.25) is 9.80 Å². The fourth-order valence-electron chi connectivity index (χ4n) is 7.16. The minimum absolute atomic E-state index is 0.132. The number of H-pyrrole nitrogens is 2. The first-order valence-electron chi connectivity index (χ1n) is 18.4. The minimum Gasteiger partial charge on any atom is -0.444 e. The molecule has 2 aromatic carbocycles. The number of benzene rings is 2. The largest absolute Gasteiger partial charge is 0.444 e. The number of hydrogen-bond acceptors (Lipinski definition) is 8. The zero-order valence-corrected chi connectivity index (χ0v) is 31.0. The third kappa shape index (κ3) is 8.03. The van der Waals surface area contributed by atoms with Crippen LogP contribution in [-0.2, 0) is 25.4 Å². The van der Waals surface area contributed by atoms with Crippen molar-refractivity contribution in [3.05, 3.63) is 72.1 Å². The highest BCUT2D eigenvalue weighted by atomic mass is 16.7. The van der Waals surface area contributed by atoms with Gasteiger partial charge in [0.05, 0.1) is 42.9 Å². The lowest BCUT2D eigenvalue weighted by Crippen LogP contribution is -2.36. The SMILES string of the molecule is CC(C)(C)OC(=O)N1CCC[C@@H]1c1ncc(-c2ccc(-c3ccc(-c4nc([C@H]5CCCN5C(=O)OC(C)(C)C)[nH]c4CC4OCCO4)cc3)cc2)[nH]1. The monoisotopic (exact) mass is 710 g/mol. The number of aromatic amines is 2. The van der Waals surface area contributed by atoms with E-state index in [9.17, 15) is 9.59 Å². The number of carbonyl (C=O) groups excluding carboxylic acids is 2. The molecule has 2 N–H and O–H groups in total. The number of likely N-dealkylation sites (tertiary alicyclic amines) is 2. The van der Waals surface area contributed by atoms with Gasteiger partial charge in [-0.1, -0.05) is 48.5 Å². The first-order valence-corrected chi connectivity index (χ1v) is 18.4. The summed E-state index contributed by atoms with van der Waals surface area (Å²) >= 11 is 0. The van der Waals surface area contributed by atoms with E-state index in [2.05, 4.69) is 63.5 Å². The van der Waals surface area contributed by atoms with E-state index in [1.165, 1.54) is 0 Å². The Labute approximate surface area is 305 Å². The Morgan fingerprint density at radius 3 is 1.77 bits per heavy atom. The number of amides is 2. The van der Waals surface area contributed by atoms with Gasteiger partial charge in [-0.15, -0.1) is 0 Å². The smallest absolute Gasteiger partial charge is 0.410 e. The normalized spacial score (nSPS) is 19.8. The molecule has 0 radical (unpaired) electrons. The molecule has 4 aromatic rings. The van der Waals surface area contributed by atoms with Crippen LogP contribution in [0.5, 0.6) is 0 Å². The maximum atomic E-state index is 13.1. The van der Waals surface area contributed by atoms with Crippen LogP contribution in [0, 0.1) is 0 Å². The van der Waals surface area contributed by atoms with E-state index in [0.29, 0.717) is 32.7 Å². The Kier molecular flexibility index (Phi) is 9.88. The second-order valence-corrected chi connectivity index (χ2v) is 15.8. The molecule has 2 amide bonds. The predicted molar refractivity (Wildman–Crippen MR) is 196 cm³/mol. The minimum atomic E-state index is -0.576. The van der Waals surface area contributed by atoms with E-state index in [0.717, 1.165) is 76.7 Å². The first-order chi connectivity index (χ1) is 24.8. The second-order valence-electron chi connectivity index (χ2n) is 15.8. The van der Waals surface area contributed by atoms with Crippen molar-refractivity contribution in [2.24, 2.45) is 0 Å². The summed E-state index contributed by atoms with van der Waals surface area (Å²) in [5, 5.41) is 0. The molecule has 12 nitrogen and oxygen atoms in total. The van der Waals surface area contributed by atoms with Crippen molar-refractivity contribution in [2.75, 3.05) is 26.3 Å². The number of hydrogen-bond donors (Lipinski definition) is 2. The maximum absolute atomic E-state index is 13.1. The molecule has 0 aliphatic carbocycles. The quantitative estimate of drug-likeness (QED) is 0.196. The molecule has 2 aromatic heterocycles. The lowest BCUT2D eigenvalue weighted by Gasteiger charge is -2.27. The zero-order chi connectivity index (χ0) is 36.6. The average Bonchev–Trinajstić information content (AvgIpc) is 3.93. The van der Waals surface area contributed by atoms with Crippen LogP contribution in [0.2, 0.25) is 0 Å². The molecule has 52 heavy (non-hydrogen) atoms. The molecule has 3 fully saturated rings. The lowest BCUT2D eigenvalue weighted by molar-refractivity contribution is -0.0405. The number of aromatic nitrogens is 4. The number of rotatable bonds is 7. The van der Waals surface area contributed by atoms with Gasteiger partial charge in [0.1, 0.15) is 22.9 Å². The standard InChI is InChI=1S/C40H50N6O6/c1-39(2,3)51-37(47)45-19-7-9-31(45)35-41-24-30(43-35)27-15-11-25(12-16-27)26-13-17-28(18-14-26)34-29(23-33-49-21-22-50-33)42-36(44-34)32-10-8-20-46(32)38(48)52-40(4,5)6/h11-18,24,31-33H,7-10,19-23H2,1-6H3,(H,41,43)(H,42,44)/t31-,32-/m1/s1. The third-order valence-corrected chi connectivity index (χ3v) is 9.53. The Bertz CT molecular complexity index is 1860. The highest BCUT2D eigenvalue weighted by molar-refractivity contribution is 5.73. The first kappa shape index (κ1) is 35.7. The molecule has 0 unspecified atom stereocenters. The summed E-state index contributed by atoms with van der Waals surface area (Å²) in [6.45, 7) is 13.7. The molecule has 3 aliphatic heterocycles. The summed E-state index contributed by atoms with van der Waals surface area (Å²) in [6, 6.07) is 16.4.